The summed E-state index contributed by atoms with van der Waals surface area (Å²) in [5.74, 6) is -0.383. The molecule has 1 fully saturated rings. The summed E-state index contributed by atoms with van der Waals surface area (Å²) in [7, 11) is 1.38. The summed E-state index contributed by atoms with van der Waals surface area (Å²) in [4.78, 5) is 18.1. The first-order valence-electron chi connectivity index (χ1n) is 7.77. The van der Waals surface area contributed by atoms with Crippen molar-refractivity contribution in [2.24, 2.45) is 0 Å². The number of pyridine rings is 1. The van der Waals surface area contributed by atoms with E-state index < -0.39 is 0 Å². The molecule has 1 aromatic rings. The normalized spacial score (nSPS) is 17.7. The SMILES string of the molecule is CCCCN(CC1CCCN1)c1ccnc(C(=O)OC)c1. The van der Waals surface area contributed by atoms with Gasteiger partial charge in [0.15, 0.2) is 0 Å². The lowest BCUT2D eigenvalue weighted by atomic mass is 10.2. The number of aromatic nitrogens is 1. The third-order valence-corrected chi connectivity index (χ3v) is 3.89. The van der Waals surface area contributed by atoms with Gasteiger partial charge in [0.1, 0.15) is 5.69 Å². The van der Waals surface area contributed by atoms with Crippen molar-refractivity contribution in [1.82, 2.24) is 10.3 Å². The third-order valence-electron chi connectivity index (χ3n) is 3.89. The molecule has 0 saturated carbocycles. The first-order chi connectivity index (χ1) is 10.2. The Kier molecular flexibility index (Phi) is 5.99. The highest BCUT2D eigenvalue weighted by atomic mass is 16.5. The molecule has 1 unspecified atom stereocenters. The van der Waals surface area contributed by atoms with E-state index in [2.05, 4.69) is 22.1 Å². The molecule has 0 bridgehead atoms. The van der Waals surface area contributed by atoms with Gasteiger partial charge in [0.05, 0.1) is 7.11 Å². The maximum atomic E-state index is 11.6. The van der Waals surface area contributed by atoms with E-state index in [1.165, 1.54) is 20.0 Å². The molecule has 1 aromatic heterocycles. The Balaban J connectivity index is 2.12. The number of carbonyl (C=O) groups excluding carboxylic acids is 1. The van der Waals surface area contributed by atoms with E-state index in [4.69, 9.17) is 4.74 Å². The number of methoxy groups -OCH3 is 1. The Bertz CT molecular complexity index is 459. The maximum Gasteiger partial charge on any atom is 0.356 e. The fourth-order valence-electron chi connectivity index (χ4n) is 2.69. The molecule has 21 heavy (non-hydrogen) atoms. The molecule has 1 N–H and O–H groups in total. The van der Waals surface area contributed by atoms with Gasteiger partial charge in [-0.1, -0.05) is 13.3 Å². The number of unbranched alkanes of at least 4 members (excludes halogenated alkanes) is 1. The van der Waals surface area contributed by atoms with Crippen LogP contribution in [0.25, 0.3) is 0 Å². The lowest BCUT2D eigenvalue weighted by molar-refractivity contribution is 0.0594. The smallest absolute Gasteiger partial charge is 0.356 e. The van der Waals surface area contributed by atoms with E-state index in [1.807, 2.05) is 12.1 Å². The van der Waals surface area contributed by atoms with Crippen LogP contribution in [0.1, 0.15) is 43.1 Å². The fraction of sp³-hybridized carbons (Fsp3) is 0.625. The number of rotatable bonds is 7. The Morgan fingerprint density at radius 1 is 1.57 bits per heavy atom. The van der Waals surface area contributed by atoms with Crippen molar-refractivity contribution in [3.8, 4) is 0 Å². The van der Waals surface area contributed by atoms with Gasteiger partial charge in [0, 0.05) is 31.0 Å². The molecule has 0 spiro atoms. The van der Waals surface area contributed by atoms with Crippen molar-refractivity contribution in [3.63, 3.8) is 0 Å². The number of hydrogen-bond donors (Lipinski definition) is 1. The zero-order chi connectivity index (χ0) is 15.1. The highest BCUT2D eigenvalue weighted by Gasteiger charge is 2.19. The van der Waals surface area contributed by atoms with Gasteiger partial charge in [-0.25, -0.2) is 9.78 Å². The zero-order valence-electron chi connectivity index (χ0n) is 13.0. The van der Waals surface area contributed by atoms with E-state index >= 15 is 0 Å². The summed E-state index contributed by atoms with van der Waals surface area (Å²) in [5.41, 5.74) is 1.42. The number of ether oxygens (including phenoxy) is 1. The molecule has 1 aliphatic heterocycles. The summed E-state index contributed by atoms with van der Waals surface area (Å²) in [5, 5.41) is 3.53. The van der Waals surface area contributed by atoms with Crippen LogP contribution in [0, 0.1) is 0 Å². The highest BCUT2D eigenvalue weighted by molar-refractivity contribution is 5.88. The van der Waals surface area contributed by atoms with Crippen molar-refractivity contribution >= 4 is 11.7 Å². The molecule has 2 heterocycles. The molecule has 0 aliphatic carbocycles. The summed E-state index contributed by atoms with van der Waals surface area (Å²) in [6, 6.07) is 4.34. The van der Waals surface area contributed by atoms with Crippen LogP contribution in [0.15, 0.2) is 18.3 Å². The van der Waals surface area contributed by atoms with E-state index in [9.17, 15) is 4.79 Å². The molecule has 1 aliphatic rings. The molecule has 5 nitrogen and oxygen atoms in total. The molecule has 0 radical (unpaired) electrons. The summed E-state index contributed by atoms with van der Waals surface area (Å²) < 4.78 is 4.75. The second-order valence-electron chi connectivity index (χ2n) is 5.48. The Morgan fingerprint density at radius 3 is 3.10 bits per heavy atom. The molecule has 5 heteroatoms. The number of esters is 1. The summed E-state index contributed by atoms with van der Waals surface area (Å²) in [6.07, 6.45) is 6.45. The van der Waals surface area contributed by atoms with Crippen molar-refractivity contribution in [2.45, 2.75) is 38.6 Å². The van der Waals surface area contributed by atoms with Gasteiger partial charge in [-0.3, -0.25) is 0 Å². The molecule has 0 amide bonds. The van der Waals surface area contributed by atoms with Crippen molar-refractivity contribution in [3.05, 3.63) is 24.0 Å². The molecular weight excluding hydrogens is 266 g/mol. The van der Waals surface area contributed by atoms with Crippen molar-refractivity contribution in [1.29, 1.82) is 0 Å². The van der Waals surface area contributed by atoms with Crippen LogP contribution in [-0.4, -0.2) is 43.7 Å². The van der Waals surface area contributed by atoms with E-state index in [1.54, 1.807) is 6.20 Å². The summed E-state index contributed by atoms with van der Waals surface area (Å²) in [6.45, 7) is 5.28. The minimum absolute atomic E-state index is 0.371. The number of carbonyl (C=O) groups is 1. The predicted molar refractivity (Wildman–Crippen MR) is 83.7 cm³/mol. The second-order valence-corrected chi connectivity index (χ2v) is 5.48. The van der Waals surface area contributed by atoms with Crippen LogP contribution in [-0.2, 0) is 4.74 Å². The van der Waals surface area contributed by atoms with Gasteiger partial charge >= 0.3 is 5.97 Å². The van der Waals surface area contributed by atoms with Crippen LogP contribution in [0.4, 0.5) is 5.69 Å². The van der Waals surface area contributed by atoms with Crippen LogP contribution in [0.2, 0.25) is 0 Å². The fourth-order valence-corrected chi connectivity index (χ4v) is 2.69. The lowest BCUT2D eigenvalue weighted by Crippen LogP contribution is -2.38. The van der Waals surface area contributed by atoms with E-state index in [-0.39, 0.29) is 5.97 Å². The first-order valence-corrected chi connectivity index (χ1v) is 7.77. The molecule has 1 saturated heterocycles. The monoisotopic (exact) mass is 291 g/mol. The minimum Gasteiger partial charge on any atom is -0.464 e. The van der Waals surface area contributed by atoms with E-state index in [0.717, 1.165) is 38.2 Å². The number of hydrogen-bond acceptors (Lipinski definition) is 5. The molecule has 0 aromatic carbocycles. The Morgan fingerprint density at radius 2 is 2.43 bits per heavy atom. The number of nitrogens with zero attached hydrogens (tertiary/aromatic N) is 2. The van der Waals surface area contributed by atoms with Gasteiger partial charge in [-0.05, 0) is 37.9 Å². The van der Waals surface area contributed by atoms with Crippen molar-refractivity contribution in [2.75, 3.05) is 31.6 Å². The van der Waals surface area contributed by atoms with Gasteiger partial charge < -0.3 is 15.0 Å². The van der Waals surface area contributed by atoms with Crippen LogP contribution in [0.5, 0.6) is 0 Å². The molecule has 2 rings (SSSR count). The number of anilines is 1. The van der Waals surface area contributed by atoms with Gasteiger partial charge in [-0.2, -0.15) is 0 Å². The van der Waals surface area contributed by atoms with E-state index in [0.29, 0.717) is 11.7 Å². The minimum atomic E-state index is -0.383. The Labute approximate surface area is 126 Å². The highest BCUT2D eigenvalue weighted by Crippen LogP contribution is 2.18. The zero-order valence-corrected chi connectivity index (χ0v) is 13.0. The van der Waals surface area contributed by atoms with Gasteiger partial charge in [-0.15, -0.1) is 0 Å². The predicted octanol–water partition coefficient (Wildman–Crippen LogP) is 2.23. The van der Waals surface area contributed by atoms with Crippen molar-refractivity contribution < 1.29 is 9.53 Å². The summed E-state index contributed by atoms with van der Waals surface area (Å²) >= 11 is 0. The Hall–Kier alpha value is -1.62. The second kappa shape index (κ2) is 7.98. The largest absolute Gasteiger partial charge is 0.464 e. The average molecular weight is 291 g/mol. The lowest BCUT2D eigenvalue weighted by Gasteiger charge is -2.28. The van der Waals surface area contributed by atoms with Gasteiger partial charge in [0.2, 0.25) is 0 Å². The average Bonchev–Trinajstić information content (AvgIpc) is 3.03. The maximum absolute atomic E-state index is 11.6. The topological polar surface area (TPSA) is 54.5 Å². The van der Waals surface area contributed by atoms with Gasteiger partial charge in [0.25, 0.3) is 0 Å². The van der Waals surface area contributed by atoms with Crippen LogP contribution < -0.4 is 10.2 Å². The quantitative estimate of drug-likeness (QED) is 0.781. The van der Waals surface area contributed by atoms with Crippen LogP contribution >= 0.6 is 0 Å². The standard InChI is InChI=1S/C16H25N3O2/c1-3-4-10-19(12-13-6-5-8-17-13)14-7-9-18-15(11-14)16(20)21-2/h7,9,11,13,17H,3-6,8,10,12H2,1-2H3. The van der Waals surface area contributed by atoms with Crippen LogP contribution in [0.3, 0.4) is 0 Å². The first kappa shape index (κ1) is 15.8. The molecular formula is C16H25N3O2. The number of nitrogens with one attached hydrogen (secondary N) is 1. The third kappa shape index (κ3) is 4.43. The molecule has 116 valence electrons. The molecule has 1 atom stereocenters.